The Labute approximate surface area is 249 Å². The number of H-pyrrole nitrogens is 1. The molecule has 0 spiro atoms. The molecule has 4 aromatic rings. The Morgan fingerprint density at radius 2 is 1.79 bits per heavy atom. The molecule has 3 aliphatic heterocycles. The lowest BCUT2D eigenvalue weighted by atomic mass is 10.1. The van der Waals surface area contributed by atoms with E-state index in [9.17, 15) is 24.5 Å². The molecule has 3 fully saturated rings. The second kappa shape index (κ2) is 10.6. The van der Waals surface area contributed by atoms with E-state index in [2.05, 4.69) is 42.4 Å². The fourth-order valence-corrected chi connectivity index (χ4v) is 8.13. The van der Waals surface area contributed by atoms with Crippen LogP contribution < -0.4 is 11.3 Å². The molecule has 0 aliphatic carbocycles. The third-order valence-electron chi connectivity index (χ3n) is 6.96. The number of aromatic nitrogens is 8. The van der Waals surface area contributed by atoms with Gasteiger partial charge in [0.2, 0.25) is 0 Å². The van der Waals surface area contributed by atoms with E-state index in [-0.39, 0.29) is 28.0 Å². The van der Waals surface area contributed by atoms with Crippen LogP contribution in [-0.4, -0.2) is 97.8 Å². The number of fused-ring (bicyclic) bond motifs is 5. The predicted octanol–water partition coefficient (Wildman–Crippen LogP) is -0.912. The molecule has 0 saturated carbocycles. The van der Waals surface area contributed by atoms with Crippen molar-refractivity contribution in [2.75, 3.05) is 12.3 Å². The highest BCUT2D eigenvalue weighted by Gasteiger charge is 2.54. The van der Waals surface area contributed by atoms with Crippen molar-refractivity contribution in [1.29, 1.82) is 0 Å². The highest BCUT2D eigenvalue weighted by Crippen LogP contribution is 2.60. The van der Waals surface area contributed by atoms with E-state index < -0.39 is 74.9 Å². The Kier molecular flexibility index (Phi) is 7.21. The maximum atomic E-state index is 13.5. The number of nitrogen functional groups attached to an aromatic ring is 1. The number of aliphatic hydroxyl groups excluding tert-OH is 2. The van der Waals surface area contributed by atoms with E-state index in [1.54, 1.807) is 0 Å². The van der Waals surface area contributed by atoms with Gasteiger partial charge in [-0.2, -0.15) is 5.10 Å². The third-order valence-corrected chi connectivity index (χ3v) is 10.1. The van der Waals surface area contributed by atoms with Crippen LogP contribution in [0.3, 0.4) is 0 Å². The zero-order valence-corrected chi connectivity index (χ0v) is 24.7. The van der Waals surface area contributed by atoms with Gasteiger partial charge in [-0.1, -0.05) is 12.2 Å². The summed E-state index contributed by atoms with van der Waals surface area (Å²) in [6.07, 6.45) is -6.74. The highest BCUT2D eigenvalue weighted by molar-refractivity contribution is 8.44. The molecule has 3 aliphatic rings. The number of nitrogens with two attached hydrogens (primary N) is 1. The standard InChI is InChI=1S/C19H21N9O11P2S2/c20-14-9-15(22-3-21-14)28(5-24-9)17-10(29)12-7(35-17)2-34-40(32,42)38-13-11(30)19(39-41(33,43)37-12)36-18(13)27-4-23-8-6(27)1-25-26-16(8)31/h1,3-5,7,10-13,17-19,29-30H,2H2,(H,26,31)(H,32,42)(H,33,43)(H2,20,21,22)/t7-,10-,11+,12-,13-,17-,18?,19-,40?,41?/m1/s1. The first-order valence-corrected chi connectivity index (χ1v) is 17.6. The highest BCUT2D eigenvalue weighted by atomic mass is 32.7. The van der Waals surface area contributed by atoms with Crippen molar-refractivity contribution in [2.45, 2.75) is 49.3 Å². The van der Waals surface area contributed by atoms with Crippen LogP contribution in [0.2, 0.25) is 0 Å². The normalized spacial score (nSPS) is 38.6. The van der Waals surface area contributed by atoms with E-state index in [1.165, 1.54) is 34.3 Å². The molecule has 3 unspecified atom stereocenters. The minimum Gasteiger partial charge on any atom is -0.386 e. The summed E-state index contributed by atoms with van der Waals surface area (Å²) in [5, 5.41) is 28.3. The summed E-state index contributed by atoms with van der Waals surface area (Å²) in [6, 6.07) is 0. The van der Waals surface area contributed by atoms with Crippen LogP contribution >= 0.6 is 25.8 Å². The summed E-state index contributed by atoms with van der Waals surface area (Å²) >= 11 is 9.25. The zero-order chi connectivity index (χ0) is 30.3. The van der Waals surface area contributed by atoms with Gasteiger partial charge in [0.05, 0.1) is 31.0 Å². The van der Waals surface area contributed by atoms with Gasteiger partial charge in [-0.15, -0.1) is 0 Å². The van der Waals surface area contributed by atoms with Crippen molar-refractivity contribution in [3.8, 4) is 0 Å². The molecule has 43 heavy (non-hydrogen) atoms. The van der Waals surface area contributed by atoms with E-state index in [0.717, 1.165) is 0 Å². The molecule has 0 amide bonds. The Hall–Kier alpha value is -2.43. The van der Waals surface area contributed by atoms with Crippen molar-refractivity contribution in [3.63, 3.8) is 0 Å². The van der Waals surface area contributed by atoms with Gasteiger partial charge in [0.1, 0.15) is 42.4 Å². The van der Waals surface area contributed by atoms with Gasteiger partial charge >= 0.3 is 13.5 Å². The number of ether oxygens (including phenoxy) is 2. The summed E-state index contributed by atoms with van der Waals surface area (Å²) < 4.78 is 50.2. The molecule has 24 heteroatoms. The summed E-state index contributed by atoms with van der Waals surface area (Å²) in [7, 11) is 0. The summed E-state index contributed by atoms with van der Waals surface area (Å²) in [5.41, 5.74) is 5.89. The Morgan fingerprint density at radius 1 is 1.02 bits per heavy atom. The number of imidazole rings is 2. The number of anilines is 1. The largest absolute Gasteiger partial charge is 0.388 e. The molecule has 10 atom stereocenters. The number of rotatable bonds is 2. The van der Waals surface area contributed by atoms with Gasteiger partial charge in [-0.3, -0.25) is 27.5 Å². The summed E-state index contributed by atoms with van der Waals surface area (Å²) in [4.78, 5) is 39.3. The molecule has 3 saturated heterocycles. The van der Waals surface area contributed by atoms with Gasteiger partial charge in [0, 0.05) is 0 Å². The maximum Gasteiger partial charge on any atom is 0.388 e. The number of hydrogen-bond donors (Lipinski definition) is 6. The van der Waals surface area contributed by atoms with Crippen LogP contribution in [0.1, 0.15) is 12.5 Å². The first-order valence-electron chi connectivity index (χ1n) is 12.3. The lowest BCUT2D eigenvalue weighted by molar-refractivity contribution is -0.130. The first kappa shape index (κ1) is 29.3. The summed E-state index contributed by atoms with van der Waals surface area (Å²) in [6.45, 7) is -9.20. The molecule has 0 aromatic carbocycles. The van der Waals surface area contributed by atoms with Gasteiger partial charge in [0.25, 0.3) is 5.56 Å². The first-order chi connectivity index (χ1) is 20.4. The molecule has 20 nitrogen and oxygen atoms in total. The van der Waals surface area contributed by atoms with Crippen molar-refractivity contribution in [1.82, 2.24) is 39.3 Å². The van der Waals surface area contributed by atoms with Crippen LogP contribution in [0, 0.1) is 0 Å². The van der Waals surface area contributed by atoms with E-state index in [4.69, 9.17) is 45.1 Å². The van der Waals surface area contributed by atoms with E-state index in [0.29, 0.717) is 0 Å². The lowest BCUT2D eigenvalue weighted by Crippen LogP contribution is -2.38. The second-order valence-corrected chi connectivity index (χ2v) is 15.2. The molecule has 4 aromatic heterocycles. The number of nitrogens with zero attached hydrogens (tertiary/aromatic N) is 7. The average Bonchev–Trinajstić information content (AvgIpc) is 3.70. The number of hydrogen-bond acceptors (Lipinski definition) is 17. The average molecular weight is 678 g/mol. The van der Waals surface area contributed by atoms with Crippen LogP contribution in [0.15, 0.2) is 30.0 Å². The molecular weight excluding hydrogens is 656 g/mol. The van der Waals surface area contributed by atoms with Crippen molar-refractivity contribution >= 4 is 65.6 Å². The summed E-state index contributed by atoms with van der Waals surface area (Å²) in [5.74, 6) is 0.0901. The van der Waals surface area contributed by atoms with Crippen molar-refractivity contribution in [3.05, 3.63) is 35.5 Å². The number of thiol groups is 1. The zero-order valence-electron chi connectivity index (χ0n) is 21.2. The van der Waals surface area contributed by atoms with Gasteiger partial charge < -0.3 is 34.8 Å². The molecule has 230 valence electrons. The van der Waals surface area contributed by atoms with Crippen molar-refractivity contribution < 1.29 is 47.2 Å². The molecular formula is C19H21N9O11P2S2. The van der Waals surface area contributed by atoms with Gasteiger partial charge in [-0.05, 0) is 11.8 Å². The minimum absolute atomic E-state index is 0.00894. The molecule has 2 bridgehead atoms. The fourth-order valence-electron chi connectivity index (χ4n) is 5.06. The smallest absolute Gasteiger partial charge is 0.386 e. The molecule has 7 rings (SSSR count). The quantitative estimate of drug-likeness (QED) is 0.111. The number of aliphatic hydroxyl groups is 2. The lowest BCUT2D eigenvalue weighted by Gasteiger charge is -2.29. The number of aromatic amines is 1. The van der Waals surface area contributed by atoms with Crippen LogP contribution in [-0.2, 0) is 43.9 Å². The van der Waals surface area contributed by atoms with Crippen LogP contribution in [0.4, 0.5) is 5.82 Å². The maximum absolute atomic E-state index is 13.5. The van der Waals surface area contributed by atoms with Gasteiger partial charge in [0.15, 0.2) is 35.7 Å². The molecule has 0 radical (unpaired) electrons. The van der Waals surface area contributed by atoms with Crippen LogP contribution in [0.25, 0.3) is 22.2 Å². The second-order valence-electron chi connectivity index (χ2n) is 9.59. The van der Waals surface area contributed by atoms with E-state index >= 15 is 0 Å². The molecule has 6 N–H and O–H groups in total. The monoisotopic (exact) mass is 677 g/mol. The Morgan fingerprint density at radius 3 is 2.60 bits per heavy atom. The molecule has 7 heterocycles. The van der Waals surface area contributed by atoms with Crippen LogP contribution in [0.5, 0.6) is 0 Å². The number of nitrogens with one attached hydrogen (secondary N) is 1. The third kappa shape index (κ3) is 5.11. The fraction of sp³-hybridized carbons (Fsp3) is 0.474. The SMILES string of the molecule is Nc1ncnc2c1ncn2[C@@H]1O[C@@H]2COP(O)(=S)O[C@H]3C(n4cnc5c(=O)[nH]ncc54)O[C@H](OP(=O)(S)O[C@H]2[C@H]1O)[C@H]3O. The van der Waals surface area contributed by atoms with E-state index in [1.807, 2.05) is 0 Å². The van der Waals surface area contributed by atoms with Gasteiger partial charge in [-0.25, -0.2) is 29.6 Å². The Balaban J connectivity index is 1.22. The van der Waals surface area contributed by atoms with Crippen molar-refractivity contribution in [2.24, 2.45) is 0 Å². The Bertz CT molecular complexity index is 1870. The predicted molar refractivity (Wildman–Crippen MR) is 148 cm³/mol. The topological polar surface area (TPSA) is 266 Å². The minimum atomic E-state index is -4.46.